The van der Waals surface area contributed by atoms with E-state index < -0.39 is 0 Å². The van der Waals surface area contributed by atoms with Crippen molar-refractivity contribution in [3.8, 4) is 11.1 Å². The van der Waals surface area contributed by atoms with Gasteiger partial charge in [-0.2, -0.15) is 0 Å². The number of thiophene rings is 1. The molecule has 30 heavy (non-hydrogen) atoms. The average Bonchev–Trinajstić information content (AvgIpc) is 3.15. The van der Waals surface area contributed by atoms with E-state index in [0.29, 0.717) is 24.1 Å². The smallest absolute Gasteiger partial charge is 0.338 e. The van der Waals surface area contributed by atoms with Crippen LogP contribution in [0.25, 0.3) is 21.3 Å². The van der Waals surface area contributed by atoms with Crippen LogP contribution in [0.15, 0.2) is 59.0 Å². The summed E-state index contributed by atoms with van der Waals surface area (Å²) >= 11 is 1.48. The van der Waals surface area contributed by atoms with Gasteiger partial charge >= 0.3 is 5.97 Å². The summed E-state index contributed by atoms with van der Waals surface area (Å²) in [5.41, 5.74) is 5.66. The molecule has 0 bridgehead atoms. The normalized spacial score (nSPS) is 11.0. The van der Waals surface area contributed by atoms with E-state index in [9.17, 15) is 9.59 Å². The Morgan fingerprint density at radius 3 is 2.57 bits per heavy atom. The lowest BCUT2D eigenvalue weighted by molar-refractivity contribution is 0.0526. The van der Waals surface area contributed by atoms with Gasteiger partial charge in [0.25, 0.3) is 5.56 Å². The molecule has 0 amide bonds. The van der Waals surface area contributed by atoms with E-state index in [2.05, 4.69) is 37.0 Å². The number of aryl methyl sites for hydroxylation is 2. The predicted octanol–water partition coefficient (Wildman–Crippen LogP) is 4.97. The maximum absolute atomic E-state index is 13.3. The van der Waals surface area contributed by atoms with E-state index in [1.807, 2.05) is 17.5 Å². The van der Waals surface area contributed by atoms with Gasteiger partial charge in [-0.25, -0.2) is 9.78 Å². The zero-order valence-electron chi connectivity index (χ0n) is 17.1. The van der Waals surface area contributed by atoms with Crippen LogP contribution in [0.5, 0.6) is 0 Å². The number of carbonyl (C=O) groups excluding carboxylic acids is 1. The van der Waals surface area contributed by atoms with Gasteiger partial charge in [0.15, 0.2) is 0 Å². The number of carbonyl (C=O) groups is 1. The van der Waals surface area contributed by atoms with Gasteiger partial charge in [-0.05, 0) is 49.6 Å². The monoisotopic (exact) mass is 418 g/mol. The zero-order valence-corrected chi connectivity index (χ0v) is 18.0. The van der Waals surface area contributed by atoms with Gasteiger partial charge in [0, 0.05) is 10.9 Å². The quantitative estimate of drug-likeness (QED) is 0.430. The third kappa shape index (κ3) is 3.78. The molecule has 0 unspecified atom stereocenters. The van der Waals surface area contributed by atoms with Crippen LogP contribution < -0.4 is 5.56 Å². The number of hydrogen-bond acceptors (Lipinski definition) is 5. The minimum Gasteiger partial charge on any atom is -0.462 e. The van der Waals surface area contributed by atoms with Crippen LogP contribution in [0.2, 0.25) is 0 Å². The first kappa shape index (κ1) is 20.0. The summed E-state index contributed by atoms with van der Waals surface area (Å²) in [6, 6.07) is 13.4. The Balaban J connectivity index is 1.70. The van der Waals surface area contributed by atoms with E-state index in [1.54, 1.807) is 30.0 Å². The van der Waals surface area contributed by atoms with Gasteiger partial charge in [-0.15, -0.1) is 11.3 Å². The second-order valence-corrected chi connectivity index (χ2v) is 8.10. The van der Waals surface area contributed by atoms with Crippen LogP contribution >= 0.6 is 11.3 Å². The fourth-order valence-corrected chi connectivity index (χ4v) is 4.45. The van der Waals surface area contributed by atoms with Gasteiger partial charge in [-0.3, -0.25) is 9.36 Å². The first-order valence-corrected chi connectivity index (χ1v) is 10.7. The summed E-state index contributed by atoms with van der Waals surface area (Å²) in [5.74, 6) is -0.347. The molecule has 6 heteroatoms. The molecule has 4 aromatic rings. The van der Waals surface area contributed by atoms with Gasteiger partial charge in [0.05, 0.1) is 30.4 Å². The largest absolute Gasteiger partial charge is 0.462 e. The van der Waals surface area contributed by atoms with Crippen molar-refractivity contribution in [2.75, 3.05) is 6.61 Å². The highest BCUT2D eigenvalue weighted by molar-refractivity contribution is 7.17. The highest BCUT2D eigenvalue weighted by Gasteiger charge is 2.15. The molecule has 0 aliphatic rings. The molecule has 4 rings (SSSR count). The molecule has 0 saturated carbocycles. The van der Waals surface area contributed by atoms with E-state index >= 15 is 0 Å². The molecule has 0 aliphatic carbocycles. The second kappa shape index (κ2) is 8.24. The highest BCUT2D eigenvalue weighted by atomic mass is 32.1. The number of ether oxygens (including phenoxy) is 1. The van der Waals surface area contributed by atoms with Crippen molar-refractivity contribution in [3.63, 3.8) is 0 Å². The van der Waals surface area contributed by atoms with Crippen LogP contribution in [-0.4, -0.2) is 22.1 Å². The first-order valence-electron chi connectivity index (χ1n) is 9.78. The lowest BCUT2D eigenvalue weighted by atomic mass is 9.99. The molecule has 0 N–H and O–H groups in total. The average molecular weight is 419 g/mol. The fourth-order valence-electron chi connectivity index (χ4n) is 3.55. The van der Waals surface area contributed by atoms with Crippen molar-refractivity contribution >= 4 is 27.5 Å². The number of rotatable bonds is 5. The molecular formula is C24H22N2O3S. The lowest BCUT2D eigenvalue weighted by Gasteiger charge is -2.09. The van der Waals surface area contributed by atoms with E-state index in [1.165, 1.54) is 16.9 Å². The van der Waals surface area contributed by atoms with Crippen LogP contribution in [0.1, 0.15) is 34.0 Å². The third-order valence-corrected chi connectivity index (χ3v) is 5.94. The van der Waals surface area contributed by atoms with Gasteiger partial charge in [0.2, 0.25) is 0 Å². The maximum Gasteiger partial charge on any atom is 0.338 e. The summed E-state index contributed by atoms with van der Waals surface area (Å²) in [6.45, 7) is 6.62. The molecule has 0 spiro atoms. The van der Waals surface area contributed by atoms with E-state index in [-0.39, 0.29) is 11.5 Å². The molecule has 2 aromatic carbocycles. The van der Waals surface area contributed by atoms with Crippen LogP contribution in [0.4, 0.5) is 0 Å². The fraction of sp³-hybridized carbons (Fsp3) is 0.208. The van der Waals surface area contributed by atoms with Gasteiger partial charge < -0.3 is 4.74 Å². The van der Waals surface area contributed by atoms with E-state index in [4.69, 9.17) is 4.74 Å². The molecule has 0 fully saturated rings. The molecule has 0 saturated heterocycles. The standard InChI is InChI=1S/C24H22N2O3S/c1-4-29-24(28)18-8-6-17(7-9-18)12-26-14-25-22-21(23(26)27)20(13-30-22)19-10-5-15(2)11-16(19)3/h5-11,13-14H,4,12H2,1-3H3. The molecule has 152 valence electrons. The minimum absolute atomic E-state index is 0.0642. The number of nitrogens with zero attached hydrogens (tertiary/aromatic N) is 2. The van der Waals surface area contributed by atoms with Crippen molar-refractivity contribution in [2.45, 2.75) is 27.3 Å². The Kier molecular flexibility index (Phi) is 5.50. The molecule has 2 heterocycles. The Morgan fingerprint density at radius 2 is 1.87 bits per heavy atom. The van der Waals surface area contributed by atoms with Crippen molar-refractivity contribution in [1.82, 2.24) is 9.55 Å². The summed E-state index contributed by atoms with van der Waals surface area (Å²) in [6.07, 6.45) is 1.59. The molecule has 0 atom stereocenters. The van der Waals surface area contributed by atoms with Crippen molar-refractivity contribution in [1.29, 1.82) is 0 Å². The first-order chi connectivity index (χ1) is 14.5. The second-order valence-electron chi connectivity index (χ2n) is 7.24. The third-order valence-electron chi connectivity index (χ3n) is 5.05. The predicted molar refractivity (Wildman–Crippen MR) is 120 cm³/mol. The summed E-state index contributed by atoms with van der Waals surface area (Å²) in [7, 11) is 0. The Bertz CT molecular complexity index is 1290. The maximum atomic E-state index is 13.3. The lowest BCUT2D eigenvalue weighted by Crippen LogP contribution is -2.21. The molecule has 5 nitrogen and oxygen atoms in total. The van der Waals surface area contributed by atoms with Crippen LogP contribution in [0, 0.1) is 13.8 Å². The topological polar surface area (TPSA) is 61.2 Å². The highest BCUT2D eigenvalue weighted by Crippen LogP contribution is 2.33. The Labute approximate surface area is 178 Å². The molecular weight excluding hydrogens is 396 g/mol. The number of hydrogen-bond donors (Lipinski definition) is 0. The van der Waals surface area contributed by atoms with Crippen molar-refractivity contribution in [3.05, 3.63) is 86.8 Å². The van der Waals surface area contributed by atoms with Crippen molar-refractivity contribution < 1.29 is 9.53 Å². The van der Waals surface area contributed by atoms with Gasteiger partial charge in [-0.1, -0.05) is 35.9 Å². The summed E-state index contributed by atoms with van der Waals surface area (Å²) in [5, 5.41) is 2.66. The van der Waals surface area contributed by atoms with Crippen LogP contribution in [0.3, 0.4) is 0 Å². The number of fused-ring (bicyclic) bond motifs is 1. The van der Waals surface area contributed by atoms with Gasteiger partial charge in [0.1, 0.15) is 4.83 Å². The SMILES string of the molecule is CCOC(=O)c1ccc(Cn2cnc3scc(-c4ccc(C)cc4C)c3c2=O)cc1. The minimum atomic E-state index is -0.347. The molecule has 0 radical (unpaired) electrons. The number of aromatic nitrogens is 2. The van der Waals surface area contributed by atoms with Crippen LogP contribution in [-0.2, 0) is 11.3 Å². The van der Waals surface area contributed by atoms with Crippen molar-refractivity contribution in [2.24, 2.45) is 0 Å². The summed E-state index contributed by atoms with van der Waals surface area (Å²) in [4.78, 5) is 30.4. The Hall–Kier alpha value is -3.25. The van der Waals surface area contributed by atoms with E-state index in [0.717, 1.165) is 27.1 Å². The number of benzene rings is 2. The number of esters is 1. The molecule has 2 aromatic heterocycles. The zero-order chi connectivity index (χ0) is 21.3. The summed E-state index contributed by atoms with van der Waals surface area (Å²) < 4.78 is 6.63. The molecule has 0 aliphatic heterocycles. The Morgan fingerprint density at radius 1 is 1.10 bits per heavy atom.